The molecule has 4 fully saturated rings. The van der Waals surface area contributed by atoms with Crippen molar-refractivity contribution in [2.75, 3.05) is 39.4 Å². The Morgan fingerprint density at radius 1 is 1.04 bits per heavy atom. The smallest absolute Gasteiger partial charge is 0.113 e. The van der Waals surface area contributed by atoms with E-state index in [-0.39, 0.29) is 24.2 Å². The fraction of sp³-hybridized carbons (Fsp3) is 0.568. The van der Waals surface area contributed by atoms with Crippen LogP contribution in [0, 0.1) is 41.9 Å². The highest BCUT2D eigenvalue weighted by Gasteiger charge is 2.33. The van der Waals surface area contributed by atoms with Crippen LogP contribution < -0.4 is 5.43 Å². The van der Waals surface area contributed by atoms with Gasteiger partial charge < -0.3 is 14.9 Å². The first-order valence-corrected chi connectivity index (χ1v) is 20.0. The molecule has 3 aromatic rings. The minimum absolute atomic E-state index is 0.00383. The maximum absolute atomic E-state index is 6.20. The monoisotopic (exact) mass is 728 g/mol. The lowest BCUT2D eigenvalue weighted by Gasteiger charge is -2.44. The van der Waals surface area contributed by atoms with E-state index in [1.54, 1.807) is 0 Å². The number of aromatic nitrogens is 4. The highest BCUT2D eigenvalue weighted by molar-refractivity contribution is 6.31. The van der Waals surface area contributed by atoms with E-state index in [4.69, 9.17) is 24.6 Å². The van der Waals surface area contributed by atoms with E-state index < -0.39 is 0 Å². The molecule has 1 N–H and O–H groups in total. The van der Waals surface area contributed by atoms with Gasteiger partial charge in [-0.1, -0.05) is 55.9 Å². The van der Waals surface area contributed by atoms with Crippen LogP contribution in [0.2, 0.25) is 0 Å². The number of hydrazone groups is 1. The largest absolute Gasteiger partial charge is 0.376 e. The second kappa shape index (κ2) is 17.9. The van der Waals surface area contributed by atoms with E-state index in [1.807, 2.05) is 35.3 Å². The van der Waals surface area contributed by atoms with Crippen molar-refractivity contribution < 1.29 is 9.47 Å². The molecule has 4 unspecified atom stereocenters. The maximum Gasteiger partial charge on any atom is 0.113 e. The van der Waals surface area contributed by atoms with Crippen LogP contribution in [0.15, 0.2) is 52.7 Å². The van der Waals surface area contributed by atoms with Crippen molar-refractivity contribution in [3.8, 4) is 23.7 Å². The molecule has 0 radical (unpaired) electrons. The van der Waals surface area contributed by atoms with Gasteiger partial charge in [0.25, 0.3) is 0 Å². The average Bonchev–Trinajstić information content (AvgIpc) is 3.89. The van der Waals surface area contributed by atoms with E-state index in [9.17, 15) is 0 Å². The van der Waals surface area contributed by atoms with Gasteiger partial charge in [-0.15, -0.1) is 5.10 Å². The predicted octanol–water partition coefficient (Wildman–Crippen LogP) is 5.96. The zero-order chi connectivity index (χ0) is 37.3. The van der Waals surface area contributed by atoms with E-state index in [0.717, 1.165) is 80.3 Å². The van der Waals surface area contributed by atoms with Gasteiger partial charge in [0.05, 0.1) is 48.9 Å². The van der Waals surface area contributed by atoms with Crippen LogP contribution in [0.25, 0.3) is 0 Å². The summed E-state index contributed by atoms with van der Waals surface area (Å²) in [4.78, 5) is 12.0. The van der Waals surface area contributed by atoms with Crippen molar-refractivity contribution >= 4 is 11.9 Å². The van der Waals surface area contributed by atoms with Crippen molar-refractivity contribution in [3.05, 3.63) is 76.4 Å². The molecule has 0 amide bonds. The van der Waals surface area contributed by atoms with Crippen LogP contribution in [0.3, 0.4) is 0 Å². The van der Waals surface area contributed by atoms with Gasteiger partial charge in [-0.2, -0.15) is 5.10 Å². The first kappa shape index (κ1) is 37.9. The van der Waals surface area contributed by atoms with Gasteiger partial charge in [-0.3, -0.25) is 9.89 Å². The normalized spacial score (nSPS) is 23.5. The number of nitrogens with one attached hydrogen (secondary N) is 1. The molecule has 0 spiro atoms. The Morgan fingerprint density at radius 2 is 1.91 bits per heavy atom. The number of aliphatic imine (C=N–C) groups is 1. The summed E-state index contributed by atoms with van der Waals surface area (Å²) in [7, 11) is 0. The lowest BCUT2D eigenvalue weighted by molar-refractivity contribution is -0.00961. The molecule has 284 valence electrons. The van der Waals surface area contributed by atoms with E-state index in [1.165, 1.54) is 30.4 Å². The molecule has 7 rings (SSSR count). The summed E-state index contributed by atoms with van der Waals surface area (Å²) in [6.07, 6.45) is 12.3. The van der Waals surface area contributed by atoms with Gasteiger partial charge in [-0.25, -0.2) is 9.67 Å². The molecule has 1 aromatic carbocycles. The Hall–Kier alpha value is -4.35. The van der Waals surface area contributed by atoms with E-state index in [2.05, 4.69) is 90.2 Å². The summed E-state index contributed by atoms with van der Waals surface area (Å²) < 4.78 is 14.0. The number of pyridine rings is 1. The lowest BCUT2D eigenvalue weighted by Crippen LogP contribution is -2.52. The van der Waals surface area contributed by atoms with Crippen LogP contribution in [0.5, 0.6) is 0 Å². The van der Waals surface area contributed by atoms with E-state index in [0.29, 0.717) is 37.5 Å². The Bertz CT molecular complexity index is 1910. The minimum atomic E-state index is -0.00383. The Kier molecular flexibility index (Phi) is 12.5. The molecule has 10 nitrogen and oxygen atoms in total. The molecular formula is C44H56N8O2. The van der Waals surface area contributed by atoms with Gasteiger partial charge in [0, 0.05) is 68.6 Å². The summed E-state index contributed by atoms with van der Waals surface area (Å²) in [5.74, 6) is 13.9. The van der Waals surface area contributed by atoms with Crippen LogP contribution in [-0.2, 0) is 22.4 Å². The molecule has 54 heavy (non-hydrogen) atoms. The molecule has 4 aliphatic rings. The second-order valence-electron chi connectivity index (χ2n) is 16.4. The Morgan fingerprint density at radius 3 is 2.72 bits per heavy atom. The van der Waals surface area contributed by atoms with Gasteiger partial charge in [-0.05, 0) is 98.6 Å². The number of likely N-dealkylation sites (tertiary alicyclic amines) is 1. The number of benzene rings is 1. The molecule has 5 heterocycles. The first-order chi connectivity index (χ1) is 26.2. The number of hydrogen-bond acceptors (Lipinski definition) is 9. The molecular weight excluding hydrogens is 673 g/mol. The van der Waals surface area contributed by atoms with Crippen LogP contribution in [0.1, 0.15) is 105 Å². The number of nitrogens with zero attached hydrogens (tertiary/aromatic N) is 7. The zero-order valence-corrected chi connectivity index (χ0v) is 32.6. The molecule has 4 atom stereocenters. The van der Waals surface area contributed by atoms with E-state index >= 15 is 0 Å². The lowest BCUT2D eigenvalue weighted by atomic mass is 9.84. The summed E-state index contributed by atoms with van der Waals surface area (Å²) in [5.41, 5.74) is 10.9. The Labute approximate surface area is 321 Å². The SMILES string of the molecule is Cc1ccc(C#CCN2CC(C)(C)C2)cc1C/C(C=NCC1CCCCO1)=N/NC1CCOC(Cn2cc(C(C)c3cccc(C#CC4CC4)n3)nn2)C1. The summed E-state index contributed by atoms with van der Waals surface area (Å²) >= 11 is 0. The maximum atomic E-state index is 6.20. The number of rotatable bonds is 12. The average molecular weight is 729 g/mol. The highest BCUT2D eigenvalue weighted by Crippen LogP contribution is 2.28. The van der Waals surface area contributed by atoms with Crippen molar-refractivity contribution in [2.24, 2.45) is 21.4 Å². The second-order valence-corrected chi connectivity index (χ2v) is 16.4. The third-order valence-corrected chi connectivity index (χ3v) is 10.7. The van der Waals surface area contributed by atoms with Gasteiger partial charge in [0.2, 0.25) is 0 Å². The standard InChI is InChI=1S/C44H56N8O2/c1-32-13-14-35(9-8-20-51-30-44(3,4)31-51)23-36(32)24-39(26-45-27-40-11-5-6-21-53-40)48-47-38-19-22-54-41(25-38)28-52-29-43(49-50-52)33(2)42-12-7-10-37(46-42)18-17-34-15-16-34/h7,10,12-14,23,26,29,33-34,38,40-41,47H,5-6,11,15-16,19-22,24-25,27-28,30-31H2,1-4H3/b45-26?,48-39-. The molecule has 3 saturated heterocycles. The number of hydrogen-bond donors (Lipinski definition) is 1. The summed E-state index contributed by atoms with van der Waals surface area (Å²) in [6.45, 7) is 14.7. The molecule has 10 heteroatoms. The third-order valence-electron chi connectivity index (χ3n) is 10.7. The quantitative estimate of drug-likeness (QED) is 0.140. The zero-order valence-electron chi connectivity index (χ0n) is 32.6. The minimum Gasteiger partial charge on any atom is -0.376 e. The summed E-state index contributed by atoms with van der Waals surface area (Å²) in [5, 5.41) is 14.0. The summed E-state index contributed by atoms with van der Waals surface area (Å²) in [6, 6.07) is 12.7. The molecule has 0 bridgehead atoms. The predicted molar refractivity (Wildman–Crippen MR) is 214 cm³/mol. The van der Waals surface area contributed by atoms with Crippen molar-refractivity contribution in [3.63, 3.8) is 0 Å². The molecule has 1 aliphatic carbocycles. The highest BCUT2D eigenvalue weighted by atomic mass is 16.5. The Balaban J connectivity index is 0.974. The molecule has 1 saturated carbocycles. The van der Waals surface area contributed by atoms with Crippen molar-refractivity contribution in [2.45, 2.75) is 110 Å². The van der Waals surface area contributed by atoms with Crippen molar-refractivity contribution in [1.82, 2.24) is 30.3 Å². The number of ether oxygens (including phenoxy) is 2. The van der Waals surface area contributed by atoms with Crippen LogP contribution in [-0.4, -0.2) is 94.4 Å². The van der Waals surface area contributed by atoms with Crippen LogP contribution >= 0.6 is 0 Å². The first-order valence-electron chi connectivity index (χ1n) is 20.0. The number of aryl methyl sites for hydroxylation is 1. The topological polar surface area (TPSA) is 102 Å². The fourth-order valence-electron chi connectivity index (χ4n) is 7.43. The fourth-order valence-corrected chi connectivity index (χ4v) is 7.43. The van der Waals surface area contributed by atoms with Gasteiger partial charge in [0.1, 0.15) is 5.69 Å². The van der Waals surface area contributed by atoms with Crippen molar-refractivity contribution in [1.29, 1.82) is 0 Å². The van der Waals surface area contributed by atoms with Gasteiger partial charge >= 0.3 is 0 Å². The van der Waals surface area contributed by atoms with Gasteiger partial charge in [0.15, 0.2) is 0 Å². The third kappa shape index (κ3) is 11.1. The molecule has 2 aromatic heterocycles. The molecule has 3 aliphatic heterocycles. The van der Waals surface area contributed by atoms with Crippen LogP contribution in [0.4, 0.5) is 0 Å².